The monoisotopic (exact) mass is 492 g/mol. The molecule has 1 aromatic carbocycles. The van der Waals surface area contributed by atoms with Crippen LogP contribution in [0, 0.1) is 0 Å². The average molecular weight is 493 g/mol. The summed E-state index contributed by atoms with van der Waals surface area (Å²) < 4.78 is 12.9. The van der Waals surface area contributed by atoms with Crippen LogP contribution in [0.3, 0.4) is 0 Å². The lowest BCUT2D eigenvalue weighted by molar-refractivity contribution is 0.0172. The maximum absolute atomic E-state index is 13.1. The van der Waals surface area contributed by atoms with E-state index in [1.165, 1.54) is 10.1 Å². The summed E-state index contributed by atoms with van der Waals surface area (Å²) in [6.45, 7) is 7.27. The summed E-state index contributed by atoms with van der Waals surface area (Å²) in [6.07, 6.45) is 13.1. The number of amides is 2. The lowest BCUT2D eigenvalue weighted by Gasteiger charge is -2.37. The highest BCUT2D eigenvalue weighted by molar-refractivity contribution is 5.78. The third-order valence-electron chi connectivity index (χ3n) is 6.40. The fourth-order valence-corrected chi connectivity index (χ4v) is 4.34. The second-order valence-electron chi connectivity index (χ2n) is 10.3. The van der Waals surface area contributed by atoms with E-state index in [4.69, 9.17) is 9.47 Å². The molecular formula is C28H36N4O4. The highest BCUT2D eigenvalue weighted by Crippen LogP contribution is 2.23. The first kappa shape index (κ1) is 25.5. The van der Waals surface area contributed by atoms with Crippen LogP contribution in [0.1, 0.15) is 46.5 Å². The molecule has 8 nitrogen and oxygen atoms in total. The maximum atomic E-state index is 13.1. The van der Waals surface area contributed by atoms with Crippen molar-refractivity contribution in [3.05, 3.63) is 60.6 Å². The molecule has 0 atom stereocenters. The number of aromatic nitrogens is 2. The van der Waals surface area contributed by atoms with E-state index in [1.54, 1.807) is 29.4 Å². The molecule has 0 spiro atoms. The van der Waals surface area contributed by atoms with Gasteiger partial charge in [-0.3, -0.25) is 4.57 Å². The van der Waals surface area contributed by atoms with E-state index in [0.717, 1.165) is 29.8 Å². The van der Waals surface area contributed by atoms with Crippen molar-refractivity contribution in [2.75, 3.05) is 26.7 Å². The molecule has 2 heterocycles. The lowest BCUT2D eigenvalue weighted by atomic mass is 10.0. The largest absolute Gasteiger partial charge is 0.489 e. The van der Waals surface area contributed by atoms with Gasteiger partial charge in [0.2, 0.25) is 0 Å². The van der Waals surface area contributed by atoms with E-state index in [0.29, 0.717) is 32.5 Å². The minimum Gasteiger partial charge on any atom is -0.489 e. The molecule has 0 saturated carbocycles. The summed E-state index contributed by atoms with van der Waals surface area (Å²) in [5, 5.41) is 0. The summed E-state index contributed by atoms with van der Waals surface area (Å²) in [5.41, 5.74) is 2.32. The zero-order valence-electron chi connectivity index (χ0n) is 21.6. The molecule has 2 aliphatic rings. The van der Waals surface area contributed by atoms with Gasteiger partial charge in [0.05, 0.1) is 5.69 Å². The van der Waals surface area contributed by atoms with Crippen LogP contribution in [-0.4, -0.2) is 69.9 Å². The van der Waals surface area contributed by atoms with Gasteiger partial charge < -0.3 is 19.3 Å². The molecule has 0 radical (unpaired) electrons. The Morgan fingerprint density at radius 2 is 1.83 bits per heavy atom. The number of hydrogen-bond donors (Lipinski definition) is 0. The lowest BCUT2D eigenvalue weighted by Crippen LogP contribution is -2.49. The van der Waals surface area contributed by atoms with Gasteiger partial charge in [-0.25, -0.2) is 14.6 Å². The second kappa shape index (κ2) is 11.0. The minimum absolute atomic E-state index is 0.0487. The summed E-state index contributed by atoms with van der Waals surface area (Å²) in [6, 6.07) is 7.66. The van der Waals surface area contributed by atoms with Crippen molar-refractivity contribution in [1.82, 2.24) is 19.4 Å². The Kier molecular flexibility index (Phi) is 7.82. The predicted octanol–water partition coefficient (Wildman–Crippen LogP) is 5.50. The van der Waals surface area contributed by atoms with E-state index in [1.807, 2.05) is 45.0 Å². The Morgan fingerprint density at radius 1 is 1.11 bits per heavy atom. The van der Waals surface area contributed by atoms with Crippen LogP contribution < -0.4 is 4.74 Å². The standard InChI is InChI=1S/C28H36N4O4/c1-28(2,3)36-27(34)31-16-14-23(15-17-31)30(4)26(33)32-18-25(29-20-32)22-10-12-24(13-11-22)35-19-21-8-6-5-7-9-21/h6,8-13,18,20,23H,5,7,14-17,19H2,1-4H3. The quantitative estimate of drug-likeness (QED) is 0.550. The highest BCUT2D eigenvalue weighted by atomic mass is 16.6. The van der Waals surface area contributed by atoms with Crippen LogP contribution in [0.25, 0.3) is 11.3 Å². The number of benzene rings is 1. The van der Waals surface area contributed by atoms with Gasteiger partial charge in [-0.2, -0.15) is 0 Å². The number of hydrogen-bond acceptors (Lipinski definition) is 5. The third kappa shape index (κ3) is 6.56. The number of imidazole rings is 1. The van der Waals surface area contributed by atoms with Gasteiger partial charge in [-0.15, -0.1) is 0 Å². The molecule has 8 heteroatoms. The minimum atomic E-state index is -0.516. The van der Waals surface area contributed by atoms with Crippen molar-refractivity contribution in [3.8, 4) is 17.0 Å². The summed E-state index contributed by atoms with van der Waals surface area (Å²) >= 11 is 0. The van der Waals surface area contributed by atoms with Crippen molar-refractivity contribution in [2.45, 2.75) is 58.1 Å². The maximum Gasteiger partial charge on any atom is 0.410 e. The van der Waals surface area contributed by atoms with Crippen molar-refractivity contribution in [1.29, 1.82) is 0 Å². The number of allylic oxidation sites excluding steroid dienone is 2. The Balaban J connectivity index is 1.30. The molecule has 1 aromatic heterocycles. The first-order valence-corrected chi connectivity index (χ1v) is 12.6. The number of rotatable bonds is 5. The first-order valence-electron chi connectivity index (χ1n) is 12.6. The normalized spacial score (nSPS) is 16.4. The third-order valence-corrected chi connectivity index (χ3v) is 6.40. The second-order valence-corrected chi connectivity index (χ2v) is 10.3. The molecule has 1 aliphatic heterocycles. The molecule has 0 unspecified atom stereocenters. The summed E-state index contributed by atoms with van der Waals surface area (Å²) in [5.74, 6) is 0.798. The van der Waals surface area contributed by atoms with Crippen LogP contribution in [0.5, 0.6) is 5.75 Å². The van der Waals surface area contributed by atoms with Gasteiger partial charge in [-0.05, 0) is 76.3 Å². The van der Waals surface area contributed by atoms with E-state index < -0.39 is 5.60 Å². The van der Waals surface area contributed by atoms with Gasteiger partial charge in [0.15, 0.2) is 0 Å². The average Bonchev–Trinajstić information content (AvgIpc) is 3.37. The molecule has 1 aliphatic carbocycles. The van der Waals surface area contributed by atoms with Crippen LogP contribution in [0.4, 0.5) is 9.59 Å². The smallest absolute Gasteiger partial charge is 0.410 e. The van der Waals surface area contributed by atoms with Gasteiger partial charge >= 0.3 is 12.1 Å². The molecule has 192 valence electrons. The van der Waals surface area contributed by atoms with Crippen LogP contribution >= 0.6 is 0 Å². The van der Waals surface area contributed by atoms with Gasteiger partial charge in [0.1, 0.15) is 24.3 Å². The number of carbonyl (C=O) groups is 2. The summed E-state index contributed by atoms with van der Waals surface area (Å²) in [4.78, 5) is 33.3. The van der Waals surface area contributed by atoms with Crippen molar-refractivity contribution in [3.63, 3.8) is 0 Å². The molecule has 36 heavy (non-hydrogen) atoms. The molecule has 2 amide bonds. The Morgan fingerprint density at radius 3 is 2.47 bits per heavy atom. The van der Waals surface area contributed by atoms with Crippen LogP contribution in [0.2, 0.25) is 0 Å². The predicted molar refractivity (Wildman–Crippen MR) is 139 cm³/mol. The van der Waals surface area contributed by atoms with Crippen molar-refractivity contribution < 1.29 is 19.1 Å². The number of likely N-dealkylation sites (tertiary alicyclic amines) is 1. The SMILES string of the molecule is CN(C(=O)n1cnc(-c2ccc(OCC3=CCCC=C3)cc2)c1)C1CCN(C(=O)OC(C)(C)C)CC1. The molecule has 4 rings (SSSR count). The van der Waals surface area contributed by atoms with E-state index >= 15 is 0 Å². The summed E-state index contributed by atoms with van der Waals surface area (Å²) in [7, 11) is 1.80. The number of ether oxygens (including phenoxy) is 2. The zero-order chi connectivity index (χ0) is 25.7. The Hall–Kier alpha value is -3.55. The van der Waals surface area contributed by atoms with Crippen molar-refractivity contribution >= 4 is 12.1 Å². The molecule has 1 fully saturated rings. The zero-order valence-corrected chi connectivity index (χ0v) is 21.6. The van der Waals surface area contributed by atoms with Gasteiger partial charge in [0, 0.05) is 37.9 Å². The van der Waals surface area contributed by atoms with Crippen molar-refractivity contribution in [2.24, 2.45) is 0 Å². The highest BCUT2D eigenvalue weighted by Gasteiger charge is 2.30. The topological polar surface area (TPSA) is 76.9 Å². The molecule has 0 N–H and O–H groups in total. The fraction of sp³-hybridized carbons (Fsp3) is 0.464. The van der Waals surface area contributed by atoms with Crippen LogP contribution in [0.15, 0.2) is 60.6 Å². The van der Waals surface area contributed by atoms with Crippen LogP contribution in [-0.2, 0) is 4.74 Å². The molecule has 0 bridgehead atoms. The molecule has 1 saturated heterocycles. The molecule has 2 aromatic rings. The van der Waals surface area contributed by atoms with Gasteiger partial charge in [0.25, 0.3) is 0 Å². The van der Waals surface area contributed by atoms with E-state index in [-0.39, 0.29) is 18.2 Å². The Bertz CT molecular complexity index is 1120. The van der Waals surface area contributed by atoms with E-state index in [2.05, 4.69) is 23.2 Å². The molecular weight excluding hydrogens is 456 g/mol. The number of carbonyl (C=O) groups excluding carboxylic acids is 2. The Labute approximate surface area is 213 Å². The first-order chi connectivity index (χ1) is 17.2. The fourth-order valence-electron chi connectivity index (χ4n) is 4.34. The number of nitrogens with zero attached hydrogens (tertiary/aromatic N) is 4. The van der Waals surface area contributed by atoms with E-state index in [9.17, 15) is 9.59 Å². The van der Waals surface area contributed by atoms with Gasteiger partial charge in [-0.1, -0.05) is 18.2 Å². The number of piperidine rings is 1.